The molecule has 0 radical (unpaired) electrons. The highest BCUT2D eigenvalue weighted by molar-refractivity contribution is 5.32. The monoisotopic (exact) mass is 392 g/mol. The number of hydrogen-bond acceptors (Lipinski definition) is 7. The predicted octanol–water partition coefficient (Wildman–Crippen LogP) is 1.43. The highest BCUT2D eigenvalue weighted by Crippen LogP contribution is 2.09. The standard InChI is InChI=1S/C8H10O.C7H11N3.C4H9NO.CH2O2/c1-7-3-5-8(9-2)6-4-7;1-9-4-6-2-3-7(8)10-5-6;6-4-1-2-5-3-4;2-1-3/h3-6H,1-2H3;2-3,5,9H,4H2,1H3,(H2,8,10);4-6H,1-3H2;1H,(H,2,3). The molecule has 1 aliphatic rings. The van der Waals surface area contributed by atoms with Crippen LogP contribution in [0.1, 0.15) is 17.5 Å². The van der Waals surface area contributed by atoms with E-state index in [0.29, 0.717) is 5.82 Å². The Morgan fingerprint density at radius 3 is 2.32 bits per heavy atom. The van der Waals surface area contributed by atoms with Crippen LogP contribution >= 0.6 is 0 Å². The molecule has 0 amide bonds. The number of aryl methyl sites for hydroxylation is 1. The van der Waals surface area contributed by atoms with E-state index in [4.69, 9.17) is 25.5 Å². The summed E-state index contributed by atoms with van der Waals surface area (Å²) >= 11 is 0. The number of nitrogens with zero attached hydrogens (tertiary/aromatic N) is 1. The molecule has 2 aromatic rings. The number of pyridine rings is 1. The number of benzene rings is 1. The zero-order chi connectivity index (χ0) is 21.2. The van der Waals surface area contributed by atoms with Crippen LogP contribution in [0.25, 0.3) is 0 Å². The Labute approximate surface area is 166 Å². The summed E-state index contributed by atoms with van der Waals surface area (Å²) in [5, 5.41) is 21.6. The number of hydrogen-bond donors (Lipinski definition) is 5. The summed E-state index contributed by atoms with van der Waals surface area (Å²) < 4.78 is 4.97. The second-order valence-electron chi connectivity index (χ2n) is 5.89. The van der Waals surface area contributed by atoms with Crippen LogP contribution in [0.4, 0.5) is 5.82 Å². The van der Waals surface area contributed by atoms with Crippen molar-refractivity contribution in [3.8, 4) is 5.75 Å². The van der Waals surface area contributed by atoms with Gasteiger partial charge in [-0.3, -0.25) is 4.79 Å². The summed E-state index contributed by atoms with van der Waals surface area (Å²) in [6.45, 7) is 4.42. The highest BCUT2D eigenvalue weighted by atomic mass is 16.5. The maximum absolute atomic E-state index is 8.67. The lowest BCUT2D eigenvalue weighted by atomic mass is 10.2. The maximum atomic E-state index is 8.67. The Bertz CT molecular complexity index is 615. The van der Waals surface area contributed by atoms with Crippen molar-refractivity contribution < 1.29 is 19.7 Å². The molecule has 8 nitrogen and oxygen atoms in total. The van der Waals surface area contributed by atoms with Crippen molar-refractivity contribution in [3.05, 3.63) is 53.7 Å². The molecular formula is C20H32N4O4. The third-order valence-corrected chi connectivity index (χ3v) is 3.52. The molecule has 156 valence electrons. The van der Waals surface area contributed by atoms with Crippen LogP contribution < -0.4 is 21.1 Å². The number of methoxy groups -OCH3 is 1. The average Bonchev–Trinajstić information content (AvgIpc) is 3.17. The van der Waals surface area contributed by atoms with E-state index in [0.717, 1.165) is 37.4 Å². The number of anilines is 1. The summed E-state index contributed by atoms with van der Waals surface area (Å²) in [5.74, 6) is 1.49. The summed E-state index contributed by atoms with van der Waals surface area (Å²) in [5.41, 5.74) is 7.80. The van der Waals surface area contributed by atoms with Gasteiger partial charge >= 0.3 is 0 Å². The molecule has 1 aliphatic heterocycles. The third-order valence-electron chi connectivity index (χ3n) is 3.52. The first-order valence-electron chi connectivity index (χ1n) is 8.89. The van der Waals surface area contributed by atoms with Crippen LogP contribution in [0.2, 0.25) is 0 Å². The molecule has 0 aliphatic carbocycles. The van der Waals surface area contributed by atoms with E-state index in [1.165, 1.54) is 5.56 Å². The summed E-state index contributed by atoms with van der Waals surface area (Å²) in [6.07, 6.45) is 2.64. The van der Waals surface area contributed by atoms with Crippen LogP contribution in [0.3, 0.4) is 0 Å². The van der Waals surface area contributed by atoms with Gasteiger partial charge in [-0.05, 0) is 50.7 Å². The maximum Gasteiger partial charge on any atom is 0.290 e. The van der Waals surface area contributed by atoms with Gasteiger partial charge in [0.2, 0.25) is 0 Å². The number of rotatable bonds is 3. The van der Waals surface area contributed by atoms with Gasteiger partial charge in [0, 0.05) is 19.3 Å². The molecular weight excluding hydrogens is 360 g/mol. The molecule has 1 aromatic heterocycles. The van der Waals surface area contributed by atoms with Gasteiger partial charge in [-0.25, -0.2) is 4.98 Å². The number of ether oxygens (including phenoxy) is 1. The summed E-state index contributed by atoms with van der Waals surface area (Å²) in [7, 11) is 3.57. The minimum absolute atomic E-state index is 0.0648. The number of aliphatic hydroxyl groups excluding tert-OH is 1. The first-order valence-corrected chi connectivity index (χ1v) is 8.89. The lowest BCUT2D eigenvalue weighted by Gasteiger charge is -1.97. The van der Waals surface area contributed by atoms with E-state index in [1.54, 1.807) is 19.4 Å². The molecule has 1 saturated heterocycles. The Hall–Kier alpha value is -2.68. The van der Waals surface area contributed by atoms with Crippen molar-refractivity contribution in [2.45, 2.75) is 26.0 Å². The fraction of sp³-hybridized carbons (Fsp3) is 0.400. The minimum Gasteiger partial charge on any atom is -0.497 e. The van der Waals surface area contributed by atoms with Gasteiger partial charge < -0.3 is 31.3 Å². The van der Waals surface area contributed by atoms with Crippen molar-refractivity contribution in [2.24, 2.45) is 0 Å². The number of carbonyl (C=O) groups is 1. The van der Waals surface area contributed by atoms with Crippen LogP contribution in [0, 0.1) is 6.92 Å². The molecule has 0 spiro atoms. The molecule has 1 fully saturated rings. The molecule has 0 saturated carbocycles. The normalized spacial score (nSPS) is 14.2. The van der Waals surface area contributed by atoms with Crippen molar-refractivity contribution in [2.75, 3.05) is 33.0 Å². The number of aliphatic hydroxyl groups is 1. The van der Waals surface area contributed by atoms with Crippen LogP contribution in [0.5, 0.6) is 5.75 Å². The zero-order valence-electron chi connectivity index (χ0n) is 16.8. The first kappa shape index (κ1) is 25.3. The van der Waals surface area contributed by atoms with Crippen molar-refractivity contribution in [3.63, 3.8) is 0 Å². The third kappa shape index (κ3) is 13.5. The number of carboxylic acid groups (broad SMARTS) is 1. The molecule has 1 aromatic carbocycles. The van der Waals surface area contributed by atoms with E-state index in [9.17, 15) is 0 Å². The molecule has 1 atom stereocenters. The van der Waals surface area contributed by atoms with E-state index in [-0.39, 0.29) is 12.6 Å². The van der Waals surface area contributed by atoms with Gasteiger partial charge in [-0.15, -0.1) is 0 Å². The Kier molecular flexibility index (Phi) is 14.9. The van der Waals surface area contributed by atoms with E-state index >= 15 is 0 Å². The van der Waals surface area contributed by atoms with Crippen molar-refractivity contribution in [1.29, 1.82) is 0 Å². The number of β-amino-alcohol motifs (C(OH)–C–C–N with tert-alkyl or cyclic N) is 1. The average molecular weight is 393 g/mol. The van der Waals surface area contributed by atoms with Crippen LogP contribution in [0.15, 0.2) is 42.6 Å². The summed E-state index contributed by atoms with van der Waals surface area (Å²) in [4.78, 5) is 12.3. The minimum atomic E-state index is -0.250. The van der Waals surface area contributed by atoms with E-state index in [2.05, 4.69) is 22.5 Å². The molecule has 1 unspecified atom stereocenters. The molecule has 0 bridgehead atoms. The van der Waals surface area contributed by atoms with Crippen LogP contribution in [-0.4, -0.2) is 55.0 Å². The number of nitrogen functional groups attached to an aromatic ring is 1. The smallest absolute Gasteiger partial charge is 0.290 e. The number of nitrogens with one attached hydrogen (secondary N) is 2. The second kappa shape index (κ2) is 16.5. The fourth-order valence-corrected chi connectivity index (χ4v) is 2.06. The molecule has 6 N–H and O–H groups in total. The quantitative estimate of drug-likeness (QED) is 0.496. The highest BCUT2D eigenvalue weighted by Gasteiger charge is 2.08. The summed E-state index contributed by atoms with van der Waals surface area (Å²) in [6, 6.07) is 11.7. The van der Waals surface area contributed by atoms with Gasteiger partial charge in [0.05, 0.1) is 13.2 Å². The van der Waals surface area contributed by atoms with Gasteiger partial charge in [0.1, 0.15) is 11.6 Å². The first-order chi connectivity index (χ1) is 13.5. The zero-order valence-corrected chi connectivity index (χ0v) is 16.8. The lowest BCUT2D eigenvalue weighted by Crippen LogP contribution is -2.11. The Morgan fingerprint density at radius 2 is 1.96 bits per heavy atom. The lowest BCUT2D eigenvalue weighted by molar-refractivity contribution is -0.122. The Balaban J connectivity index is 0.000000373. The Morgan fingerprint density at radius 1 is 1.32 bits per heavy atom. The predicted molar refractivity (Wildman–Crippen MR) is 111 cm³/mol. The molecule has 8 heteroatoms. The molecule has 28 heavy (non-hydrogen) atoms. The number of nitrogens with two attached hydrogens (primary N) is 1. The largest absolute Gasteiger partial charge is 0.497 e. The van der Waals surface area contributed by atoms with E-state index in [1.807, 2.05) is 37.4 Å². The van der Waals surface area contributed by atoms with E-state index < -0.39 is 0 Å². The number of aromatic nitrogens is 1. The van der Waals surface area contributed by atoms with Gasteiger partial charge in [0.15, 0.2) is 0 Å². The second-order valence-corrected chi connectivity index (χ2v) is 5.89. The van der Waals surface area contributed by atoms with Crippen molar-refractivity contribution >= 4 is 12.3 Å². The van der Waals surface area contributed by atoms with Crippen molar-refractivity contribution in [1.82, 2.24) is 15.6 Å². The topological polar surface area (TPSA) is 130 Å². The van der Waals surface area contributed by atoms with Gasteiger partial charge in [0.25, 0.3) is 6.47 Å². The molecule has 2 heterocycles. The SMILES string of the molecule is CNCc1ccc(N)nc1.COc1ccc(C)cc1.O=CO.OC1CCNC1. The fourth-order valence-electron chi connectivity index (χ4n) is 2.06. The molecule has 3 rings (SSSR count). The van der Waals surface area contributed by atoms with Gasteiger partial charge in [-0.1, -0.05) is 23.8 Å². The van der Waals surface area contributed by atoms with Gasteiger partial charge in [-0.2, -0.15) is 0 Å². The van der Waals surface area contributed by atoms with Crippen LogP contribution in [-0.2, 0) is 11.3 Å².